The Balaban J connectivity index is 2.26. The van der Waals surface area contributed by atoms with Crippen molar-refractivity contribution in [1.82, 2.24) is 0 Å². The Bertz CT molecular complexity index is 558. The molecule has 0 spiro atoms. The molecule has 0 saturated carbocycles. The number of para-hydroxylation sites is 1. The molecule has 2 aromatic rings. The lowest BCUT2D eigenvalue weighted by atomic mass is 10.0. The highest BCUT2D eigenvalue weighted by molar-refractivity contribution is 5.97. The Labute approximate surface area is 121 Å². The van der Waals surface area contributed by atoms with Crippen LogP contribution in [0.15, 0.2) is 54.6 Å². The maximum absolute atomic E-state index is 12.0. The molecule has 0 aromatic heterocycles. The lowest BCUT2D eigenvalue weighted by Crippen LogP contribution is -2.16. The highest BCUT2D eigenvalue weighted by Gasteiger charge is 2.11. The number of hydrogen-bond donors (Lipinski definition) is 0. The van der Waals surface area contributed by atoms with Gasteiger partial charge in [0.1, 0.15) is 0 Å². The second-order valence-corrected chi connectivity index (χ2v) is 5.15. The van der Waals surface area contributed by atoms with E-state index in [0.29, 0.717) is 0 Å². The summed E-state index contributed by atoms with van der Waals surface area (Å²) in [6.45, 7) is 6.87. The van der Waals surface area contributed by atoms with Gasteiger partial charge in [0.05, 0.1) is 0 Å². The van der Waals surface area contributed by atoms with Gasteiger partial charge in [0, 0.05) is 29.4 Å². The molecule has 0 bridgehead atoms. The predicted molar refractivity (Wildman–Crippen MR) is 84.7 cm³/mol. The fraction of sp³-hybridized carbons (Fsp3) is 0.278. The van der Waals surface area contributed by atoms with Crippen molar-refractivity contribution in [2.24, 2.45) is 5.92 Å². The lowest BCUT2D eigenvalue weighted by Gasteiger charge is -2.23. The van der Waals surface area contributed by atoms with Crippen LogP contribution < -0.4 is 4.90 Å². The zero-order valence-corrected chi connectivity index (χ0v) is 12.3. The summed E-state index contributed by atoms with van der Waals surface area (Å²) < 4.78 is 0. The zero-order valence-electron chi connectivity index (χ0n) is 12.3. The van der Waals surface area contributed by atoms with Crippen LogP contribution in [-0.4, -0.2) is 12.3 Å². The fourth-order valence-corrected chi connectivity index (χ4v) is 2.26. The quantitative estimate of drug-likeness (QED) is 0.733. The number of carbonyl (C=O) groups is 1. The molecule has 0 radical (unpaired) electrons. The molecular formula is C18H21NO. The highest BCUT2D eigenvalue weighted by Crippen LogP contribution is 2.25. The van der Waals surface area contributed by atoms with Crippen molar-refractivity contribution in [1.29, 1.82) is 0 Å². The number of nitrogens with zero attached hydrogens (tertiary/aromatic N) is 1. The first kappa shape index (κ1) is 14.3. The minimum atomic E-state index is 0.0391. The summed E-state index contributed by atoms with van der Waals surface area (Å²) in [4.78, 5) is 14.2. The third-order valence-electron chi connectivity index (χ3n) is 3.37. The van der Waals surface area contributed by atoms with Gasteiger partial charge in [-0.05, 0) is 43.3 Å². The summed E-state index contributed by atoms with van der Waals surface area (Å²) in [5.41, 5.74) is 3.06. The first-order chi connectivity index (χ1) is 9.63. The molecule has 2 rings (SSSR count). The normalized spacial score (nSPS) is 10.6. The minimum absolute atomic E-state index is 0.0391. The van der Waals surface area contributed by atoms with Crippen LogP contribution in [0.4, 0.5) is 11.4 Å². The molecule has 0 aliphatic heterocycles. The molecule has 2 aromatic carbocycles. The molecule has 0 fully saturated rings. The molecule has 0 heterocycles. The summed E-state index contributed by atoms with van der Waals surface area (Å²) in [7, 11) is 0. The van der Waals surface area contributed by atoms with E-state index in [0.717, 1.165) is 23.5 Å². The van der Waals surface area contributed by atoms with Crippen molar-refractivity contribution in [2.45, 2.75) is 20.8 Å². The van der Waals surface area contributed by atoms with Crippen molar-refractivity contribution < 1.29 is 4.79 Å². The average molecular weight is 267 g/mol. The molecule has 0 N–H and O–H groups in total. The van der Waals surface area contributed by atoms with Gasteiger partial charge >= 0.3 is 0 Å². The van der Waals surface area contributed by atoms with E-state index >= 15 is 0 Å². The van der Waals surface area contributed by atoms with Crippen LogP contribution in [0.1, 0.15) is 31.1 Å². The number of ketones is 1. The van der Waals surface area contributed by atoms with E-state index in [1.807, 2.05) is 56.3 Å². The van der Waals surface area contributed by atoms with Crippen molar-refractivity contribution >= 4 is 17.2 Å². The molecule has 0 aliphatic carbocycles. The van der Waals surface area contributed by atoms with Crippen LogP contribution in [0.2, 0.25) is 0 Å². The summed E-state index contributed by atoms with van der Waals surface area (Å²) in [5, 5.41) is 0. The Kier molecular flexibility index (Phi) is 4.57. The topological polar surface area (TPSA) is 20.3 Å². The Hall–Kier alpha value is -2.09. The van der Waals surface area contributed by atoms with Crippen LogP contribution in [0.5, 0.6) is 0 Å². The average Bonchev–Trinajstić information content (AvgIpc) is 2.49. The predicted octanol–water partition coefficient (Wildman–Crippen LogP) is 4.68. The van der Waals surface area contributed by atoms with Crippen LogP contribution in [-0.2, 0) is 0 Å². The third-order valence-corrected chi connectivity index (χ3v) is 3.37. The number of benzene rings is 2. The second kappa shape index (κ2) is 6.38. The summed E-state index contributed by atoms with van der Waals surface area (Å²) in [6.07, 6.45) is 0. The van der Waals surface area contributed by atoms with E-state index in [1.165, 1.54) is 0 Å². The van der Waals surface area contributed by atoms with E-state index in [-0.39, 0.29) is 11.7 Å². The van der Waals surface area contributed by atoms with Crippen LogP contribution in [0.3, 0.4) is 0 Å². The van der Waals surface area contributed by atoms with E-state index in [2.05, 4.69) is 24.0 Å². The van der Waals surface area contributed by atoms with Gasteiger partial charge < -0.3 is 4.90 Å². The maximum atomic E-state index is 12.0. The van der Waals surface area contributed by atoms with E-state index in [4.69, 9.17) is 0 Å². The van der Waals surface area contributed by atoms with Gasteiger partial charge in [-0.3, -0.25) is 4.79 Å². The summed E-state index contributed by atoms with van der Waals surface area (Å²) in [6, 6.07) is 18.2. The molecule has 0 amide bonds. The van der Waals surface area contributed by atoms with Crippen molar-refractivity contribution in [3.63, 3.8) is 0 Å². The number of carbonyl (C=O) groups excluding carboxylic acids is 1. The fourth-order valence-electron chi connectivity index (χ4n) is 2.26. The van der Waals surface area contributed by atoms with Crippen molar-refractivity contribution in [3.05, 3.63) is 60.2 Å². The zero-order chi connectivity index (χ0) is 14.5. The first-order valence-electron chi connectivity index (χ1n) is 7.10. The standard InChI is InChI=1S/C18H21NO/c1-4-19(16-8-6-5-7-9-16)17-12-10-15(11-13-17)18(20)14(2)3/h5-14H,4H2,1-3H3. The van der Waals surface area contributed by atoms with Crippen LogP contribution in [0.25, 0.3) is 0 Å². The largest absolute Gasteiger partial charge is 0.342 e. The lowest BCUT2D eigenvalue weighted by molar-refractivity contribution is 0.0939. The van der Waals surface area contributed by atoms with Gasteiger partial charge in [0.2, 0.25) is 0 Å². The van der Waals surface area contributed by atoms with Crippen LogP contribution >= 0.6 is 0 Å². The Morgan fingerprint density at radius 1 is 0.950 bits per heavy atom. The number of hydrogen-bond acceptors (Lipinski definition) is 2. The molecule has 0 aliphatic rings. The Morgan fingerprint density at radius 3 is 2.00 bits per heavy atom. The molecule has 20 heavy (non-hydrogen) atoms. The SMILES string of the molecule is CCN(c1ccccc1)c1ccc(C(=O)C(C)C)cc1. The van der Waals surface area contributed by atoms with E-state index in [9.17, 15) is 4.79 Å². The maximum Gasteiger partial charge on any atom is 0.165 e. The molecule has 0 unspecified atom stereocenters. The molecular weight excluding hydrogens is 246 g/mol. The molecule has 2 nitrogen and oxygen atoms in total. The monoisotopic (exact) mass is 267 g/mol. The number of rotatable bonds is 5. The van der Waals surface area contributed by atoms with Gasteiger partial charge in [0.15, 0.2) is 5.78 Å². The van der Waals surface area contributed by atoms with Crippen molar-refractivity contribution in [3.8, 4) is 0 Å². The van der Waals surface area contributed by atoms with E-state index < -0.39 is 0 Å². The summed E-state index contributed by atoms with van der Waals surface area (Å²) >= 11 is 0. The minimum Gasteiger partial charge on any atom is -0.342 e. The van der Waals surface area contributed by atoms with Crippen LogP contribution in [0, 0.1) is 5.92 Å². The van der Waals surface area contributed by atoms with Gasteiger partial charge in [-0.2, -0.15) is 0 Å². The van der Waals surface area contributed by atoms with Gasteiger partial charge in [-0.25, -0.2) is 0 Å². The third kappa shape index (κ3) is 3.08. The van der Waals surface area contributed by atoms with Gasteiger partial charge in [0.25, 0.3) is 0 Å². The molecule has 2 heteroatoms. The Morgan fingerprint density at radius 2 is 1.50 bits per heavy atom. The number of Topliss-reactive ketones (excluding diaryl/α,β-unsaturated/α-hetero) is 1. The molecule has 104 valence electrons. The van der Waals surface area contributed by atoms with Gasteiger partial charge in [-0.1, -0.05) is 32.0 Å². The molecule has 0 atom stereocenters. The number of anilines is 2. The van der Waals surface area contributed by atoms with E-state index in [1.54, 1.807) is 0 Å². The second-order valence-electron chi connectivity index (χ2n) is 5.15. The molecule has 0 saturated heterocycles. The highest BCUT2D eigenvalue weighted by atomic mass is 16.1. The van der Waals surface area contributed by atoms with Crippen molar-refractivity contribution in [2.75, 3.05) is 11.4 Å². The first-order valence-corrected chi connectivity index (χ1v) is 7.10. The smallest absolute Gasteiger partial charge is 0.165 e. The summed E-state index contributed by atoms with van der Waals surface area (Å²) in [5.74, 6) is 0.233. The van der Waals surface area contributed by atoms with Gasteiger partial charge in [-0.15, -0.1) is 0 Å².